The summed E-state index contributed by atoms with van der Waals surface area (Å²) in [5.41, 5.74) is 2.36. The zero-order chi connectivity index (χ0) is 20.6. The van der Waals surface area contributed by atoms with Gasteiger partial charge in [0.05, 0.1) is 11.3 Å². The molecule has 1 amide bonds. The number of ether oxygens (including phenoxy) is 1. The van der Waals surface area contributed by atoms with Crippen molar-refractivity contribution in [2.75, 3.05) is 5.32 Å². The molecule has 0 aliphatic rings. The van der Waals surface area contributed by atoms with Gasteiger partial charge in [0.1, 0.15) is 5.82 Å². The van der Waals surface area contributed by atoms with Crippen molar-refractivity contribution in [2.45, 2.75) is 19.6 Å². The van der Waals surface area contributed by atoms with E-state index < -0.39 is 12.1 Å². The lowest BCUT2D eigenvalue weighted by Crippen LogP contribution is -2.35. The third-order valence-electron chi connectivity index (χ3n) is 4.23. The molecule has 0 heterocycles. The summed E-state index contributed by atoms with van der Waals surface area (Å²) in [5, 5.41) is 5.81. The number of rotatable bonds is 7. The summed E-state index contributed by atoms with van der Waals surface area (Å²) >= 11 is 0. The predicted octanol–water partition coefficient (Wildman–Crippen LogP) is 4.43. The molecule has 0 saturated heterocycles. The maximum Gasteiger partial charge on any atom is 0.341 e. The van der Waals surface area contributed by atoms with E-state index in [-0.39, 0.29) is 17.3 Å². The quantitative estimate of drug-likeness (QED) is 0.584. The second kappa shape index (κ2) is 9.50. The average Bonchev–Trinajstić information content (AvgIpc) is 2.74. The Morgan fingerprint density at radius 2 is 1.59 bits per heavy atom. The maximum absolute atomic E-state index is 13.1. The lowest BCUT2D eigenvalue weighted by atomic mass is 10.1. The molecule has 0 aromatic heterocycles. The van der Waals surface area contributed by atoms with Crippen molar-refractivity contribution in [3.8, 4) is 0 Å². The normalized spacial score (nSPS) is 11.4. The zero-order valence-corrected chi connectivity index (χ0v) is 15.9. The lowest BCUT2D eigenvalue weighted by molar-refractivity contribution is -0.129. The van der Waals surface area contributed by atoms with E-state index >= 15 is 0 Å². The van der Waals surface area contributed by atoms with Gasteiger partial charge < -0.3 is 15.4 Å². The van der Waals surface area contributed by atoms with E-state index in [9.17, 15) is 14.0 Å². The van der Waals surface area contributed by atoms with Crippen LogP contribution in [0.5, 0.6) is 0 Å². The van der Waals surface area contributed by atoms with Crippen molar-refractivity contribution in [3.05, 3.63) is 95.8 Å². The lowest BCUT2D eigenvalue weighted by Gasteiger charge is -2.16. The molecule has 148 valence electrons. The van der Waals surface area contributed by atoms with Crippen molar-refractivity contribution in [1.29, 1.82) is 0 Å². The van der Waals surface area contributed by atoms with Crippen LogP contribution in [0.15, 0.2) is 78.9 Å². The van der Waals surface area contributed by atoms with E-state index in [1.807, 2.05) is 30.3 Å². The number of hydrogen-bond acceptors (Lipinski definition) is 4. The van der Waals surface area contributed by atoms with Crippen molar-refractivity contribution in [2.24, 2.45) is 0 Å². The van der Waals surface area contributed by atoms with Crippen LogP contribution in [0, 0.1) is 5.82 Å². The van der Waals surface area contributed by atoms with E-state index in [1.54, 1.807) is 36.4 Å². The van der Waals surface area contributed by atoms with Gasteiger partial charge in [-0.2, -0.15) is 0 Å². The standard InChI is InChI=1S/C23H21FN2O3/c1-16(22(27)25-15-17-7-3-2-4-8-17)29-23(28)20-9-5-6-10-21(20)26-19-13-11-18(24)12-14-19/h2-14,16,26H,15H2,1H3,(H,25,27). The monoisotopic (exact) mass is 392 g/mol. The number of amides is 1. The number of anilines is 2. The molecule has 29 heavy (non-hydrogen) atoms. The Balaban J connectivity index is 1.62. The molecule has 0 spiro atoms. The third kappa shape index (κ3) is 5.65. The minimum atomic E-state index is -0.954. The van der Waals surface area contributed by atoms with Crippen LogP contribution >= 0.6 is 0 Å². The Bertz CT molecular complexity index is 975. The van der Waals surface area contributed by atoms with Gasteiger partial charge in [-0.3, -0.25) is 4.79 Å². The van der Waals surface area contributed by atoms with Gasteiger partial charge in [-0.25, -0.2) is 9.18 Å². The number of esters is 1. The van der Waals surface area contributed by atoms with Crippen LogP contribution in [0.2, 0.25) is 0 Å². The molecule has 0 aliphatic carbocycles. The van der Waals surface area contributed by atoms with Crippen LogP contribution in [-0.2, 0) is 16.1 Å². The largest absolute Gasteiger partial charge is 0.449 e. The van der Waals surface area contributed by atoms with Crippen LogP contribution in [0.1, 0.15) is 22.8 Å². The minimum absolute atomic E-state index is 0.277. The number of carbonyl (C=O) groups is 2. The zero-order valence-electron chi connectivity index (χ0n) is 15.9. The van der Waals surface area contributed by atoms with Gasteiger partial charge in [0.15, 0.2) is 6.10 Å². The number of nitrogens with one attached hydrogen (secondary N) is 2. The van der Waals surface area contributed by atoms with Crippen LogP contribution < -0.4 is 10.6 Å². The third-order valence-corrected chi connectivity index (χ3v) is 4.23. The summed E-state index contributed by atoms with van der Waals surface area (Å²) in [6, 6.07) is 22.0. The first-order chi connectivity index (χ1) is 14.0. The Morgan fingerprint density at radius 1 is 0.931 bits per heavy atom. The van der Waals surface area contributed by atoms with Crippen molar-refractivity contribution < 1.29 is 18.7 Å². The van der Waals surface area contributed by atoms with E-state index in [2.05, 4.69) is 10.6 Å². The second-order valence-corrected chi connectivity index (χ2v) is 6.43. The maximum atomic E-state index is 13.1. The first-order valence-corrected chi connectivity index (χ1v) is 9.17. The molecule has 6 heteroatoms. The fourth-order valence-electron chi connectivity index (χ4n) is 2.67. The summed E-state index contributed by atoms with van der Waals surface area (Å²) in [7, 11) is 0. The molecular weight excluding hydrogens is 371 g/mol. The van der Waals surface area contributed by atoms with Gasteiger partial charge in [0.25, 0.3) is 5.91 Å². The van der Waals surface area contributed by atoms with E-state index in [1.165, 1.54) is 19.1 Å². The summed E-state index contributed by atoms with van der Waals surface area (Å²) in [6.45, 7) is 1.87. The molecule has 3 rings (SSSR count). The Labute approximate surface area is 168 Å². The van der Waals surface area contributed by atoms with E-state index in [0.717, 1.165) is 5.56 Å². The summed E-state index contributed by atoms with van der Waals surface area (Å²) in [4.78, 5) is 24.8. The fraction of sp³-hybridized carbons (Fsp3) is 0.130. The number of hydrogen-bond donors (Lipinski definition) is 2. The number of benzene rings is 3. The predicted molar refractivity (Wildman–Crippen MR) is 109 cm³/mol. The highest BCUT2D eigenvalue weighted by atomic mass is 19.1. The molecule has 0 fully saturated rings. The summed E-state index contributed by atoms with van der Waals surface area (Å²) < 4.78 is 18.4. The first kappa shape index (κ1) is 20.1. The average molecular weight is 392 g/mol. The van der Waals surface area contributed by atoms with Crippen molar-refractivity contribution >= 4 is 23.3 Å². The second-order valence-electron chi connectivity index (χ2n) is 6.43. The SMILES string of the molecule is CC(OC(=O)c1ccccc1Nc1ccc(F)cc1)C(=O)NCc1ccccc1. The van der Waals surface area contributed by atoms with Crippen LogP contribution in [0.4, 0.5) is 15.8 Å². The highest BCUT2D eigenvalue weighted by molar-refractivity contribution is 5.98. The molecule has 0 radical (unpaired) electrons. The molecule has 5 nitrogen and oxygen atoms in total. The number of para-hydroxylation sites is 1. The molecule has 2 N–H and O–H groups in total. The topological polar surface area (TPSA) is 67.4 Å². The molecule has 3 aromatic rings. The van der Waals surface area contributed by atoms with E-state index in [4.69, 9.17) is 4.74 Å². The molecule has 0 saturated carbocycles. The van der Waals surface area contributed by atoms with Gasteiger partial charge in [-0.05, 0) is 48.9 Å². The van der Waals surface area contributed by atoms with Gasteiger partial charge >= 0.3 is 5.97 Å². The minimum Gasteiger partial charge on any atom is -0.449 e. The van der Waals surface area contributed by atoms with Gasteiger partial charge in [-0.1, -0.05) is 42.5 Å². The summed E-state index contributed by atoms with van der Waals surface area (Å²) in [6.07, 6.45) is -0.954. The van der Waals surface area contributed by atoms with Gasteiger partial charge in [0.2, 0.25) is 0 Å². The number of halogens is 1. The van der Waals surface area contributed by atoms with Crippen LogP contribution in [0.3, 0.4) is 0 Å². The summed E-state index contributed by atoms with van der Waals surface area (Å²) in [5.74, 6) is -1.36. The molecule has 1 unspecified atom stereocenters. The van der Waals surface area contributed by atoms with Gasteiger partial charge in [0, 0.05) is 12.2 Å². The smallest absolute Gasteiger partial charge is 0.341 e. The van der Waals surface area contributed by atoms with Crippen molar-refractivity contribution in [3.63, 3.8) is 0 Å². The fourth-order valence-corrected chi connectivity index (χ4v) is 2.67. The Hall–Kier alpha value is -3.67. The first-order valence-electron chi connectivity index (χ1n) is 9.17. The molecule has 0 aliphatic heterocycles. The molecule has 1 atom stereocenters. The number of carbonyl (C=O) groups excluding carboxylic acids is 2. The molecule has 3 aromatic carbocycles. The van der Waals surface area contributed by atoms with E-state index in [0.29, 0.717) is 17.9 Å². The van der Waals surface area contributed by atoms with Crippen LogP contribution in [0.25, 0.3) is 0 Å². The Morgan fingerprint density at radius 3 is 2.31 bits per heavy atom. The highest BCUT2D eigenvalue weighted by Crippen LogP contribution is 2.22. The molecule has 0 bridgehead atoms. The van der Waals surface area contributed by atoms with Crippen LogP contribution in [-0.4, -0.2) is 18.0 Å². The van der Waals surface area contributed by atoms with Gasteiger partial charge in [-0.15, -0.1) is 0 Å². The van der Waals surface area contributed by atoms with Crippen molar-refractivity contribution in [1.82, 2.24) is 5.32 Å². The molecular formula is C23H21FN2O3. The Kier molecular flexibility index (Phi) is 6.58. The highest BCUT2D eigenvalue weighted by Gasteiger charge is 2.20.